The first kappa shape index (κ1) is 17.4. The van der Waals surface area contributed by atoms with Crippen molar-refractivity contribution < 1.29 is 4.79 Å². The van der Waals surface area contributed by atoms with Crippen molar-refractivity contribution >= 4 is 17.4 Å². The van der Waals surface area contributed by atoms with Gasteiger partial charge in [0.1, 0.15) is 6.54 Å². The van der Waals surface area contributed by atoms with E-state index in [1.54, 1.807) is 12.1 Å². The molecule has 3 aromatic rings. The van der Waals surface area contributed by atoms with Crippen molar-refractivity contribution in [3.8, 4) is 11.4 Å². The minimum Gasteiger partial charge on any atom is -0.346 e. The largest absolute Gasteiger partial charge is 0.346 e. The van der Waals surface area contributed by atoms with E-state index in [-0.39, 0.29) is 12.3 Å². The maximum atomic E-state index is 12.7. The first-order chi connectivity index (χ1) is 11.9. The molecule has 0 N–H and O–H groups in total. The molecule has 6 nitrogen and oxygen atoms in total. The van der Waals surface area contributed by atoms with Crippen LogP contribution >= 0.6 is 11.6 Å². The van der Waals surface area contributed by atoms with Gasteiger partial charge in [-0.2, -0.15) is 4.80 Å². The van der Waals surface area contributed by atoms with E-state index >= 15 is 0 Å². The van der Waals surface area contributed by atoms with Crippen molar-refractivity contribution in [1.82, 2.24) is 24.8 Å². The lowest BCUT2D eigenvalue weighted by atomic mass is 10.1. The molecule has 0 fully saturated rings. The summed E-state index contributed by atoms with van der Waals surface area (Å²) in [5.41, 5.74) is 3.55. The number of carbonyl (C=O) groups is 1. The maximum Gasteiger partial charge on any atom is 0.204 e. The second-order valence-electron chi connectivity index (χ2n) is 6.32. The van der Waals surface area contributed by atoms with Crippen LogP contribution in [0.5, 0.6) is 0 Å². The molecule has 0 atom stereocenters. The highest BCUT2D eigenvalue weighted by Crippen LogP contribution is 2.21. The Morgan fingerprint density at radius 2 is 1.88 bits per heavy atom. The molecule has 0 saturated carbocycles. The molecule has 0 aliphatic carbocycles. The van der Waals surface area contributed by atoms with Gasteiger partial charge in [0, 0.05) is 33.6 Å². The molecule has 7 heteroatoms. The minimum absolute atomic E-state index is 0.0277. The van der Waals surface area contributed by atoms with Crippen molar-refractivity contribution in [2.75, 3.05) is 0 Å². The smallest absolute Gasteiger partial charge is 0.204 e. The molecule has 0 spiro atoms. The quantitative estimate of drug-likeness (QED) is 0.650. The lowest BCUT2D eigenvalue weighted by Gasteiger charge is -2.13. The molecule has 25 heavy (non-hydrogen) atoms. The highest BCUT2D eigenvalue weighted by atomic mass is 35.5. The lowest BCUT2D eigenvalue weighted by molar-refractivity contribution is 0.0960. The summed E-state index contributed by atoms with van der Waals surface area (Å²) in [5, 5.41) is 12.9. The number of ketones is 1. The van der Waals surface area contributed by atoms with Gasteiger partial charge >= 0.3 is 0 Å². The van der Waals surface area contributed by atoms with Gasteiger partial charge in [-0.05, 0) is 63.2 Å². The van der Waals surface area contributed by atoms with E-state index < -0.39 is 0 Å². The molecular weight excluding hydrogens is 338 g/mol. The van der Waals surface area contributed by atoms with Gasteiger partial charge in [-0.3, -0.25) is 4.79 Å². The maximum absolute atomic E-state index is 12.7. The molecule has 1 aromatic carbocycles. The molecule has 0 amide bonds. The summed E-state index contributed by atoms with van der Waals surface area (Å²) in [6.07, 6.45) is 0. The van der Waals surface area contributed by atoms with E-state index in [0.717, 1.165) is 17.0 Å². The van der Waals surface area contributed by atoms with E-state index in [2.05, 4.69) is 33.8 Å². The minimum atomic E-state index is -0.0277. The van der Waals surface area contributed by atoms with Crippen LogP contribution in [-0.2, 0) is 6.54 Å². The Bertz CT molecular complexity index is 908. The molecule has 3 rings (SSSR count). The summed E-state index contributed by atoms with van der Waals surface area (Å²) in [7, 11) is 0. The monoisotopic (exact) mass is 357 g/mol. The van der Waals surface area contributed by atoms with Crippen LogP contribution in [0.25, 0.3) is 11.4 Å². The zero-order chi connectivity index (χ0) is 18.1. The third kappa shape index (κ3) is 3.49. The second kappa shape index (κ2) is 6.80. The zero-order valence-corrected chi connectivity index (χ0v) is 15.4. The summed E-state index contributed by atoms with van der Waals surface area (Å²) in [6, 6.07) is 9.41. The van der Waals surface area contributed by atoms with E-state index in [1.165, 1.54) is 4.80 Å². The Kier molecular flexibility index (Phi) is 4.72. The van der Waals surface area contributed by atoms with Gasteiger partial charge in [0.25, 0.3) is 0 Å². The molecule has 0 saturated heterocycles. The van der Waals surface area contributed by atoms with Gasteiger partial charge in [-0.25, -0.2) is 0 Å². The van der Waals surface area contributed by atoms with E-state index in [0.29, 0.717) is 22.5 Å². The first-order valence-electron chi connectivity index (χ1n) is 8.12. The second-order valence-corrected chi connectivity index (χ2v) is 6.76. The van der Waals surface area contributed by atoms with Crippen LogP contribution in [0.3, 0.4) is 0 Å². The van der Waals surface area contributed by atoms with Crippen LogP contribution in [0.2, 0.25) is 5.02 Å². The van der Waals surface area contributed by atoms with Gasteiger partial charge in [-0.15, -0.1) is 10.2 Å². The highest BCUT2D eigenvalue weighted by Gasteiger charge is 2.18. The summed E-state index contributed by atoms with van der Waals surface area (Å²) in [4.78, 5) is 14.0. The van der Waals surface area contributed by atoms with Gasteiger partial charge < -0.3 is 4.57 Å². The van der Waals surface area contributed by atoms with Gasteiger partial charge in [0.2, 0.25) is 5.82 Å². The predicted octanol–water partition coefficient (Wildman–Crippen LogP) is 3.88. The molecule has 0 aliphatic rings. The Hall–Kier alpha value is -2.47. The van der Waals surface area contributed by atoms with Crippen LogP contribution < -0.4 is 0 Å². The van der Waals surface area contributed by atoms with Crippen LogP contribution in [0, 0.1) is 13.8 Å². The molecule has 130 valence electrons. The Morgan fingerprint density at radius 1 is 1.20 bits per heavy atom. The van der Waals surface area contributed by atoms with Crippen molar-refractivity contribution in [1.29, 1.82) is 0 Å². The van der Waals surface area contributed by atoms with E-state index in [1.807, 2.05) is 32.0 Å². The van der Waals surface area contributed by atoms with Gasteiger partial charge in [0.15, 0.2) is 5.78 Å². The van der Waals surface area contributed by atoms with Crippen molar-refractivity contribution in [3.05, 3.63) is 52.3 Å². The molecule has 2 heterocycles. The number of Topliss-reactive ketones (excluding diaryl/α,β-unsaturated/α-hetero) is 1. The molecule has 2 aromatic heterocycles. The van der Waals surface area contributed by atoms with E-state index in [4.69, 9.17) is 11.6 Å². The number of aromatic nitrogens is 5. The third-order valence-corrected chi connectivity index (χ3v) is 4.39. The standard InChI is InChI=1S/C18H20ClN5O/c1-11(2)24-12(3)9-16(13(24)4)17(25)10-23-21-18(20-22-23)14-5-7-15(19)8-6-14/h5-9,11H,10H2,1-4H3. The lowest BCUT2D eigenvalue weighted by Crippen LogP contribution is -2.14. The Balaban J connectivity index is 1.80. The molecule has 0 unspecified atom stereocenters. The average molecular weight is 358 g/mol. The number of nitrogens with zero attached hydrogens (tertiary/aromatic N) is 5. The number of hydrogen-bond acceptors (Lipinski definition) is 4. The number of tetrazole rings is 1. The first-order valence-corrected chi connectivity index (χ1v) is 8.50. The number of aryl methyl sites for hydroxylation is 1. The fourth-order valence-corrected chi connectivity index (χ4v) is 3.22. The summed E-state index contributed by atoms with van der Waals surface area (Å²) < 4.78 is 2.15. The topological polar surface area (TPSA) is 65.6 Å². The van der Waals surface area contributed by atoms with E-state index in [9.17, 15) is 4.79 Å². The number of benzene rings is 1. The fourth-order valence-electron chi connectivity index (χ4n) is 3.09. The van der Waals surface area contributed by atoms with Crippen LogP contribution in [0.4, 0.5) is 0 Å². The predicted molar refractivity (Wildman–Crippen MR) is 96.9 cm³/mol. The average Bonchev–Trinajstić information content (AvgIpc) is 3.12. The molecule has 0 bridgehead atoms. The van der Waals surface area contributed by atoms with Crippen molar-refractivity contribution in [2.45, 2.75) is 40.3 Å². The van der Waals surface area contributed by atoms with Crippen molar-refractivity contribution in [2.24, 2.45) is 0 Å². The van der Waals surface area contributed by atoms with Crippen molar-refractivity contribution in [3.63, 3.8) is 0 Å². The SMILES string of the molecule is Cc1cc(C(=O)Cn2nnc(-c3ccc(Cl)cc3)n2)c(C)n1C(C)C. The van der Waals surface area contributed by atoms with Gasteiger partial charge in [0.05, 0.1) is 0 Å². The van der Waals surface area contributed by atoms with Crippen LogP contribution in [0.15, 0.2) is 30.3 Å². The molecule has 0 aliphatic heterocycles. The fraction of sp³-hybridized carbons (Fsp3) is 0.333. The molecular formula is C18H20ClN5O. The summed E-state index contributed by atoms with van der Waals surface area (Å²) in [5.74, 6) is 0.442. The summed E-state index contributed by atoms with van der Waals surface area (Å²) in [6.45, 7) is 8.24. The number of hydrogen-bond donors (Lipinski definition) is 0. The number of carbonyl (C=O) groups excluding carboxylic acids is 1. The summed E-state index contributed by atoms with van der Waals surface area (Å²) >= 11 is 5.88. The molecule has 0 radical (unpaired) electrons. The number of halogens is 1. The number of rotatable bonds is 5. The zero-order valence-electron chi connectivity index (χ0n) is 14.7. The van der Waals surface area contributed by atoms with Crippen LogP contribution in [0.1, 0.15) is 41.6 Å². The third-order valence-electron chi connectivity index (χ3n) is 4.14. The normalized spacial score (nSPS) is 11.3. The Morgan fingerprint density at radius 3 is 2.48 bits per heavy atom. The van der Waals surface area contributed by atoms with Crippen LogP contribution in [-0.4, -0.2) is 30.6 Å². The van der Waals surface area contributed by atoms with Gasteiger partial charge in [-0.1, -0.05) is 11.6 Å². The Labute approximate surface area is 151 Å². The highest BCUT2D eigenvalue weighted by molar-refractivity contribution is 6.30.